The van der Waals surface area contributed by atoms with Crippen molar-refractivity contribution in [2.24, 2.45) is 0 Å². The summed E-state index contributed by atoms with van der Waals surface area (Å²) >= 11 is 0. The van der Waals surface area contributed by atoms with Crippen LogP contribution in [0.5, 0.6) is 0 Å². The zero-order valence-electron chi connectivity index (χ0n) is 13.7. The van der Waals surface area contributed by atoms with Crippen molar-refractivity contribution in [2.75, 3.05) is 19.6 Å². The van der Waals surface area contributed by atoms with Gasteiger partial charge in [0, 0.05) is 29.1 Å². The number of nitrogens with zero attached hydrogens (tertiary/aromatic N) is 1. The van der Waals surface area contributed by atoms with Crippen LogP contribution in [0.1, 0.15) is 24.9 Å². The van der Waals surface area contributed by atoms with Gasteiger partial charge in [0.2, 0.25) is 0 Å². The normalized spacial score (nSPS) is 16.9. The first kappa shape index (κ1) is 7.13. The largest absolute Gasteiger partial charge is 0.361 e. The number of fused-ring (bicyclic) bond motifs is 1. The molecule has 16 heavy (non-hydrogen) atoms. The number of para-hydroxylation sites is 1. The molecule has 0 amide bonds. The van der Waals surface area contributed by atoms with Gasteiger partial charge in [0.05, 0.1) is 0 Å². The van der Waals surface area contributed by atoms with E-state index >= 15 is 0 Å². The summed E-state index contributed by atoms with van der Waals surface area (Å²) in [6, 6.07) is 7.39. The van der Waals surface area contributed by atoms with Crippen molar-refractivity contribution in [3.8, 4) is 0 Å². The first-order valence-electron chi connectivity index (χ1n) is 7.67. The molecule has 0 fully saturated rings. The van der Waals surface area contributed by atoms with Crippen molar-refractivity contribution in [3.63, 3.8) is 0 Å². The second kappa shape index (κ2) is 5.17. The molecule has 0 spiro atoms. The topological polar surface area (TPSA) is 19.0 Å². The number of hydrogen-bond acceptors (Lipinski definition) is 1. The molecular weight excluding hydrogens is 196 g/mol. The molecular formula is C14H20N2. The minimum Gasteiger partial charge on any atom is -0.361 e. The van der Waals surface area contributed by atoms with Crippen molar-refractivity contribution >= 4 is 10.9 Å². The lowest BCUT2D eigenvalue weighted by molar-refractivity contribution is 0.308. The summed E-state index contributed by atoms with van der Waals surface area (Å²) < 4.78 is 33.2. The first-order chi connectivity index (χ1) is 9.36. The Labute approximate surface area is 103 Å². The maximum Gasteiger partial charge on any atom is 0.0456 e. The molecule has 1 aromatic carbocycles. The highest BCUT2D eigenvalue weighted by atomic mass is 15.1. The molecule has 0 saturated heterocycles. The summed E-state index contributed by atoms with van der Waals surface area (Å²) in [5, 5.41) is 0.730. The molecule has 86 valence electrons. The fourth-order valence-electron chi connectivity index (χ4n) is 1.70. The summed E-state index contributed by atoms with van der Waals surface area (Å²) in [6.45, 7) is 2.54. The smallest absolute Gasteiger partial charge is 0.0456 e. The van der Waals surface area contributed by atoms with Crippen LogP contribution in [0.4, 0.5) is 0 Å². The number of H-pyrrole nitrogens is 1. The van der Waals surface area contributed by atoms with Crippen molar-refractivity contribution in [1.29, 1.82) is 0 Å². The van der Waals surface area contributed by atoms with Crippen LogP contribution in [0.15, 0.2) is 30.5 Å². The molecule has 0 unspecified atom stereocenters. The van der Waals surface area contributed by atoms with Crippen LogP contribution in [0.25, 0.3) is 10.9 Å². The molecule has 2 rings (SSSR count). The van der Waals surface area contributed by atoms with E-state index in [0.717, 1.165) is 10.9 Å². The van der Waals surface area contributed by atoms with Gasteiger partial charge in [-0.2, -0.15) is 0 Å². The van der Waals surface area contributed by atoms with Crippen molar-refractivity contribution in [1.82, 2.24) is 9.88 Å². The number of nitrogens with one attached hydrogen (secondary N) is 1. The number of aryl methyl sites for hydroxylation is 1. The Balaban J connectivity index is 2.53. The van der Waals surface area contributed by atoms with Gasteiger partial charge >= 0.3 is 0 Å². The van der Waals surface area contributed by atoms with Crippen LogP contribution in [0, 0.1) is 0 Å². The molecule has 0 aliphatic carbocycles. The molecule has 2 heteroatoms. The van der Waals surface area contributed by atoms with E-state index in [1.165, 1.54) is 4.90 Å². The third-order valence-corrected chi connectivity index (χ3v) is 2.70. The van der Waals surface area contributed by atoms with E-state index < -0.39 is 12.9 Å². The van der Waals surface area contributed by atoms with Crippen LogP contribution < -0.4 is 0 Å². The van der Waals surface area contributed by atoms with Gasteiger partial charge in [-0.05, 0) is 31.1 Å². The number of likely N-dealkylation sites (N-methyl/N-ethyl adjacent to an activating group) is 1. The third-order valence-electron chi connectivity index (χ3n) is 2.70. The SMILES string of the molecule is [2H]C([2H])(c1c[nH]c2ccccc12)C([2H])([2H])N(CC)CC. The molecule has 0 radical (unpaired) electrons. The lowest BCUT2D eigenvalue weighted by atomic mass is 10.1. The molecule has 0 bridgehead atoms. The second-order valence-electron chi connectivity index (χ2n) is 3.66. The molecule has 0 aliphatic heterocycles. The monoisotopic (exact) mass is 220 g/mol. The Morgan fingerprint density at radius 2 is 2.00 bits per heavy atom. The van der Waals surface area contributed by atoms with Crippen LogP contribution >= 0.6 is 0 Å². The molecule has 1 N–H and O–H groups in total. The fraction of sp³-hybridized carbons (Fsp3) is 0.429. The van der Waals surface area contributed by atoms with Gasteiger partial charge < -0.3 is 9.88 Å². The van der Waals surface area contributed by atoms with E-state index in [-0.39, 0.29) is 0 Å². The molecule has 2 nitrogen and oxygen atoms in total. The number of aromatic nitrogens is 1. The summed E-state index contributed by atoms with van der Waals surface area (Å²) in [7, 11) is 0. The van der Waals surface area contributed by atoms with E-state index in [4.69, 9.17) is 5.48 Å². The Morgan fingerprint density at radius 3 is 2.75 bits per heavy atom. The quantitative estimate of drug-likeness (QED) is 0.820. The highest BCUT2D eigenvalue weighted by Gasteiger charge is 2.04. The third kappa shape index (κ3) is 2.27. The fourth-order valence-corrected chi connectivity index (χ4v) is 1.70. The van der Waals surface area contributed by atoms with Gasteiger partial charge in [-0.25, -0.2) is 0 Å². The van der Waals surface area contributed by atoms with E-state index in [1.54, 1.807) is 6.20 Å². The minimum atomic E-state index is -2.10. The van der Waals surface area contributed by atoms with Gasteiger partial charge in [-0.3, -0.25) is 0 Å². The minimum absolute atomic E-state index is 0.366. The van der Waals surface area contributed by atoms with Gasteiger partial charge in [0.25, 0.3) is 0 Å². The average Bonchev–Trinajstić information content (AvgIpc) is 2.84. The van der Waals surface area contributed by atoms with Crippen LogP contribution in [0.3, 0.4) is 0 Å². The van der Waals surface area contributed by atoms with E-state index in [2.05, 4.69) is 4.98 Å². The summed E-state index contributed by atoms with van der Waals surface area (Å²) in [5.74, 6) is 0. The Hall–Kier alpha value is -1.28. The molecule has 1 heterocycles. The first-order valence-corrected chi connectivity index (χ1v) is 5.67. The zero-order chi connectivity index (χ0) is 15.0. The predicted molar refractivity (Wildman–Crippen MR) is 69.8 cm³/mol. The maximum absolute atomic E-state index is 8.34. The maximum atomic E-state index is 8.34. The van der Waals surface area contributed by atoms with Crippen LogP contribution in [-0.2, 0) is 6.37 Å². The number of aromatic amines is 1. The standard InChI is InChI=1S/C14H20N2/c1-3-16(4-2)10-9-12-11-15-14-8-6-5-7-13(12)14/h5-8,11,15H,3-4,9-10H2,1-2H3/i9D2,10D2. The molecule has 0 atom stereocenters. The number of rotatable bonds is 5. The Bertz CT molecular complexity index is 588. The highest BCUT2D eigenvalue weighted by Crippen LogP contribution is 2.18. The van der Waals surface area contributed by atoms with Crippen LogP contribution in [-0.4, -0.2) is 29.5 Å². The van der Waals surface area contributed by atoms with E-state index in [0.29, 0.717) is 18.7 Å². The van der Waals surface area contributed by atoms with Gasteiger partial charge in [0.1, 0.15) is 0 Å². The molecule has 1 aromatic heterocycles. The molecule has 2 aromatic rings. The summed E-state index contributed by atoms with van der Waals surface area (Å²) in [5.41, 5.74) is 1.19. The summed E-state index contributed by atoms with van der Waals surface area (Å²) in [6.07, 6.45) is -0.523. The van der Waals surface area contributed by atoms with Crippen LogP contribution in [0.2, 0.25) is 0 Å². The Morgan fingerprint density at radius 1 is 1.25 bits per heavy atom. The van der Waals surface area contributed by atoms with Gasteiger partial charge in [0.15, 0.2) is 0 Å². The number of benzene rings is 1. The second-order valence-corrected chi connectivity index (χ2v) is 3.66. The molecule has 0 saturated carbocycles. The van der Waals surface area contributed by atoms with Gasteiger partial charge in [-0.15, -0.1) is 0 Å². The van der Waals surface area contributed by atoms with E-state index in [1.807, 2.05) is 38.1 Å². The lowest BCUT2D eigenvalue weighted by Gasteiger charge is -2.17. The van der Waals surface area contributed by atoms with Crippen molar-refractivity contribution in [2.45, 2.75) is 20.2 Å². The van der Waals surface area contributed by atoms with E-state index in [9.17, 15) is 0 Å². The zero-order valence-corrected chi connectivity index (χ0v) is 9.75. The number of hydrogen-bond donors (Lipinski definition) is 1. The van der Waals surface area contributed by atoms with Crippen molar-refractivity contribution < 1.29 is 5.48 Å². The highest BCUT2D eigenvalue weighted by molar-refractivity contribution is 5.83. The Kier molecular flexibility index (Phi) is 2.30. The van der Waals surface area contributed by atoms with Crippen molar-refractivity contribution in [3.05, 3.63) is 36.0 Å². The summed E-state index contributed by atoms with van der Waals surface area (Å²) in [4.78, 5) is 4.52. The van der Waals surface area contributed by atoms with Gasteiger partial charge in [-0.1, -0.05) is 32.0 Å². The lowest BCUT2D eigenvalue weighted by Crippen LogP contribution is -2.25. The average molecular weight is 220 g/mol. The molecule has 0 aliphatic rings. The predicted octanol–water partition coefficient (Wildman–Crippen LogP) is 3.05.